The van der Waals surface area contributed by atoms with Crippen LogP contribution in [0.5, 0.6) is 5.75 Å². The number of carbonyl (C=O) groups excluding carboxylic acids is 1. The number of rotatable bonds is 11. The Hall–Kier alpha value is -2.58. The first-order valence-electron chi connectivity index (χ1n) is 10.1. The lowest BCUT2D eigenvalue weighted by Crippen LogP contribution is -2.34. The Balaban J connectivity index is 2.41. The number of nitrogens with one attached hydrogen (secondary N) is 2. The molecule has 30 heavy (non-hydrogen) atoms. The van der Waals surface area contributed by atoms with Crippen LogP contribution >= 0.6 is 0 Å². The predicted molar refractivity (Wildman–Crippen MR) is 118 cm³/mol. The van der Waals surface area contributed by atoms with Crippen molar-refractivity contribution in [1.29, 1.82) is 0 Å². The summed E-state index contributed by atoms with van der Waals surface area (Å²) in [5.74, 6) is 0.186. The van der Waals surface area contributed by atoms with Crippen LogP contribution in [0.2, 0.25) is 0 Å². The molecule has 0 aromatic heterocycles. The van der Waals surface area contributed by atoms with Crippen molar-refractivity contribution in [3.63, 3.8) is 0 Å². The van der Waals surface area contributed by atoms with Gasteiger partial charge in [-0.3, -0.25) is 0 Å². The van der Waals surface area contributed by atoms with Gasteiger partial charge in [-0.2, -0.15) is 0 Å². The lowest BCUT2D eigenvalue weighted by molar-refractivity contribution is 0.0500. The van der Waals surface area contributed by atoms with Gasteiger partial charge in [0.05, 0.1) is 13.2 Å². The second-order valence-corrected chi connectivity index (χ2v) is 7.82. The molecule has 0 aliphatic carbocycles. The van der Waals surface area contributed by atoms with Crippen molar-refractivity contribution in [3.05, 3.63) is 35.4 Å². The third-order valence-electron chi connectivity index (χ3n) is 4.15. The number of phenols is 1. The van der Waals surface area contributed by atoms with Gasteiger partial charge in [0.25, 0.3) is 0 Å². The van der Waals surface area contributed by atoms with Gasteiger partial charge in [-0.1, -0.05) is 29.8 Å². The molecule has 8 heteroatoms. The fourth-order valence-electron chi connectivity index (χ4n) is 2.63. The molecule has 0 heterocycles. The fourth-order valence-corrected chi connectivity index (χ4v) is 2.63. The maximum Gasteiger partial charge on any atom is 0.407 e. The highest BCUT2D eigenvalue weighted by Gasteiger charge is 2.15. The molecule has 0 saturated carbocycles. The summed E-state index contributed by atoms with van der Waals surface area (Å²) in [5, 5.41) is 28.4. The van der Waals surface area contributed by atoms with Crippen LogP contribution in [-0.4, -0.2) is 60.6 Å². The Kier molecular flexibility index (Phi) is 10.9. The second-order valence-electron chi connectivity index (χ2n) is 7.82. The standard InChI is InChI=1S/C22H35N3O5/c1-6-16(2)20(17-7-9-18(26)10-8-17)19(25-28)15-23-11-13-29-14-12-24-21(27)30-22(3,4)5/h7-10,23,26,28H,6,11-15H2,1-5H3,(H,24,27)/b20-16-,25-19-. The van der Waals surface area contributed by atoms with Gasteiger partial charge in [0.2, 0.25) is 0 Å². The highest BCUT2D eigenvalue weighted by atomic mass is 16.6. The SMILES string of the molecule is CC/C(C)=C(\C(CNCCOCCNC(=O)OC(C)(C)C)=N/O)c1ccc(O)cc1. The monoisotopic (exact) mass is 421 g/mol. The number of ether oxygens (including phenoxy) is 2. The normalized spacial score (nSPS) is 13.0. The summed E-state index contributed by atoms with van der Waals surface area (Å²) in [6.07, 6.45) is 0.344. The quantitative estimate of drug-likeness (QED) is 0.188. The van der Waals surface area contributed by atoms with Gasteiger partial charge in [0.15, 0.2) is 0 Å². The van der Waals surface area contributed by atoms with Crippen molar-refractivity contribution in [2.24, 2.45) is 5.16 Å². The number of phenolic OH excluding ortho intramolecular Hbond substituents is 1. The van der Waals surface area contributed by atoms with Crippen LogP contribution in [0.1, 0.15) is 46.6 Å². The minimum atomic E-state index is -0.523. The van der Waals surface area contributed by atoms with Gasteiger partial charge in [0, 0.05) is 25.2 Å². The third-order valence-corrected chi connectivity index (χ3v) is 4.15. The summed E-state index contributed by atoms with van der Waals surface area (Å²) in [5.41, 5.74) is 2.82. The van der Waals surface area contributed by atoms with E-state index in [1.807, 2.05) is 34.6 Å². The number of allylic oxidation sites excluding steroid dienone is 1. The molecule has 0 aliphatic rings. The Morgan fingerprint density at radius 2 is 1.77 bits per heavy atom. The third kappa shape index (κ3) is 9.76. The molecular weight excluding hydrogens is 386 g/mol. The summed E-state index contributed by atoms with van der Waals surface area (Å²) in [4.78, 5) is 11.5. The van der Waals surface area contributed by atoms with Crippen molar-refractivity contribution in [2.75, 3.05) is 32.8 Å². The van der Waals surface area contributed by atoms with E-state index in [4.69, 9.17) is 9.47 Å². The van der Waals surface area contributed by atoms with E-state index in [-0.39, 0.29) is 5.75 Å². The molecule has 0 unspecified atom stereocenters. The summed E-state index contributed by atoms with van der Waals surface area (Å²) in [6, 6.07) is 6.82. The molecule has 1 rings (SSSR count). The summed E-state index contributed by atoms with van der Waals surface area (Å²) < 4.78 is 10.6. The van der Waals surface area contributed by atoms with E-state index in [1.165, 1.54) is 0 Å². The molecule has 8 nitrogen and oxygen atoms in total. The number of carbonyl (C=O) groups is 1. The predicted octanol–water partition coefficient (Wildman–Crippen LogP) is 3.54. The molecule has 0 fully saturated rings. The summed E-state index contributed by atoms with van der Waals surface area (Å²) >= 11 is 0. The van der Waals surface area contributed by atoms with Crippen molar-refractivity contribution >= 4 is 17.4 Å². The number of nitrogens with zero attached hydrogens (tertiary/aromatic N) is 1. The fraction of sp³-hybridized carbons (Fsp3) is 0.545. The highest BCUT2D eigenvalue weighted by Crippen LogP contribution is 2.24. The zero-order valence-corrected chi connectivity index (χ0v) is 18.6. The van der Waals surface area contributed by atoms with Gasteiger partial charge < -0.3 is 30.4 Å². The van der Waals surface area contributed by atoms with Crippen molar-refractivity contribution in [1.82, 2.24) is 10.6 Å². The van der Waals surface area contributed by atoms with Crippen molar-refractivity contribution in [2.45, 2.75) is 46.6 Å². The van der Waals surface area contributed by atoms with E-state index < -0.39 is 11.7 Å². The first-order chi connectivity index (χ1) is 14.2. The molecular formula is C22H35N3O5. The number of alkyl carbamates (subject to hydrolysis) is 1. The molecule has 0 spiro atoms. The van der Waals surface area contributed by atoms with Crippen LogP contribution in [0.4, 0.5) is 4.79 Å². The number of amides is 1. The first kappa shape index (κ1) is 25.5. The van der Waals surface area contributed by atoms with E-state index in [0.717, 1.165) is 23.1 Å². The smallest absolute Gasteiger partial charge is 0.407 e. The molecule has 1 aromatic carbocycles. The molecule has 0 radical (unpaired) electrons. The van der Waals surface area contributed by atoms with E-state index in [0.29, 0.717) is 38.6 Å². The van der Waals surface area contributed by atoms with Crippen LogP contribution in [0.3, 0.4) is 0 Å². The number of oxime groups is 1. The Morgan fingerprint density at radius 3 is 2.33 bits per heavy atom. The average molecular weight is 422 g/mol. The largest absolute Gasteiger partial charge is 0.508 e. The molecule has 1 aromatic rings. The van der Waals surface area contributed by atoms with Crippen LogP contribution < -0.4 is 10.6 Å². The molecule has 168 valence electrons. The first-order valence-corrected chi connectivity index (χ1v) is 10.1. The number of hydrogen-bond acceptors (Lipinski definition) is 7. The van der Waals surface area contributed by atoms with Gasteiger partial charge in [-0.15, -0.1) is 0 Å². The Morgan fingerprint density at radius 1 is 1.13 bits per heavy atom. The molecule has 0 atom stereocenters. The van der Waals surface area contributed by atoms with Gasteiger partial charge in [0.1, 0.15) is 17.1 Å². The zero-order valence-electron chi connectivity index (χ0n) is 18.6. The van der Waals surface area contributed by atoms with E-state index in [1.54, 1.807) is 24.3 Å². The summed E-state index contributed by atoms with van der Waals surface area (Å²) in [7, 11) is 0. The molecule has 0 aliphatic heterocycles. The minimum absolute atomic E-state index is 0.186. The number of aromatic hydroxyl groups is 1. The maximum absolute atomic E-state index is 11.5. The highest BCUT2D eigenvalue weighted by molar-refractivity contribution is 6.25. The second kappa shape index (κ2) is 12.9. The van der Waals surface area contributed by atoms with Crippen LogP contribution in [0.25, 0.3) is 5.57 Å². The van der Waals surface area contributed by atoms with Gasteiger partial charge >= 0.3 is 6.09 Å². The molecule has 1 amide bonds. The Bertz CT molecular complexity index is 721. The number of benzene rings is 1. The van der Waals surface area contributed by atoms with Crippen LogP contribution in [-0.2, 0) is 9.47 Å². The average Bonchev–Trinajstić information content (AvgIpc) is 2.68. The van der Waals surface area contributed by atoms with Gasteiger partial charge in [-0.25, -0.2) is 4.79 Å². The van der Waals surface area contributed by atoms with Crippen LogP contribution in [0.15, 0.2) is 35.0 Å². The molecule has 4 N–H and O–H groups in total. The van der Waals surface area contributed by atoms with Crippen molar-refractivity contribution < 1.29 is 24.6 Å². The van der Waals surface area contributed by atoms with Crippen molar-refractivity contribution in [3.8, 4) is 5.75 Å². The topological polar surface area (TPSA) is 112 Å². The lowest BCUT2D eigenvalue weighted by Gasteiger charge is -2.19. The van der Waals surface area contributed by atoms with Gasteiger partial charge in [-0.05, 0) is 51.8 Å². The summed E-state index contributed by atoms with van der Waals surface area (Å²) in [6.45, 7) is 11.6. The zero-order chi connectivity index (χ0) is 22.6. The maximum atomic E-state index is 11.5. The number of hydrogen-bond donors (Lipinski definition) is 4. The lowest BCUT2D eigenvalue weighted by atomic mass is 9.94. The molecule has 0 saturated heterocycles. The van der Waals surface area contributed by atoms with E-state index in [2.05, 4.69) is 15.8 Å². The van der Waals surface area contributed by atoms with Crippen LogP contribution in [0, 0.1) is 0 Å². The minimum Gasteiger partial charge on any atom is -0.508 e. The molecule has 0 bridgehead atoms. The Labute approximate surface area is 179 Å². The van der Waals surface area contributed by atoms with E-state index in [9.17, 15) is 15.1 Å². The van der Waals surface area contributed by atoms with E-state index >= 15 is 0 Å².